The molecule has 1 aromatic carbocycles. The number of hydrogen-bond acceptors (Lipinski definition) is 3. The zero-order valence-electron chi connectivity index (χ0n) is 10.1. The molecule has 4 heteroatoms. The van der Waals surface area contributed by atoms with Crippen LogP contribution in [0.15, 0.2) is 22.7 Å². The normalized spacial score (nSPS) is 18.8. The minimum atomic E-state index is 0.0394. The van der Waals surface area contributed by atoms with Gasteiger partial charge in [0.1, 0.15) is 6.07 Å². The Hall–Kier alpha value is -1.05. The summed E-state index contributed by atoms with van der Waals surface area (Å²) in [5.41, 5.74) is 1.80. The zero-order chi connectivity index (χ0) is 12.5. The number of nitrogens with one attached hydrogen (secondary N) is 1. The molecule has 1 N–H and O–H groups in total. The van der Waals surface area contributed by atoms with Crippen molar-refractivity contribution in [3.8, 4) is 6.07 Å². The number of hydrogen-bond donors (Lipinski definition) is 1. The second kappa shape index (κ2) is 4.67. The molecule has 0 aromatic heterocycles. The van der Waals surface area contributed by atoms with Crippen LogP contribution in [0.2, 0.25) is 0 Å². The first kappa shape index (κ1) is 12.4. The third-order valence-electron chi connectivity index (χ3n) is 3.17. The Kier molecular flexibility index (Phi) is 3.41. The van der Waals surface area contributed by atoms with Crippen molar-refractivity contribution < 1.29 is 0 Å². The molecule has 2 rings (SSSR count). The van der Waals surface area contributed by atoms with Crippen LogP contribution in [0.4, 0.5) is 5.69 Å². The molecule has 1 aromatic rings. The van der Waals surface area contributed by atoms with Crippen LogP contribution in [0.3, 0.4) is 0 Å². The van der Waals surface area contributed by atoms with E-state index in [0.717, 1.165) is 35.4 Å². The van der Waals surface area contributed by atoms with E-state index in [1.165, 1.54) is 0 Å². The van der Waals surface area contributed by atoms with E-state index >= 15 is 0 Å². The van der Waals surface area contributed by atoms with Gasteiger partial charge < -0.3 is 10.2 Å². The van der Waals surface area contributed by atoms with Crippen LogP contribution in [0, 0.1) is 11.3 Å². The monoisotopic (exact) mass is 293 g/mol. The smallest absolute Gasteiger partial charge is 0.101 e. The highest BCUT2D eigenvalue weighted by Gasteiger charge is 2.30. The molecular weight excluding hydrogens is 278 g/mol. The first-order valence-corrected chi connectivity index (χ1v) is 6.52. The fourth-order valence-corrected chi connectivity index (χ4v) is 2.62. The van der Waals surface area contributed by atoms with Crippen molar-refractivity contribution >= 4 is 21.6 Å². The van der Waals surface area contributed by atoms with Gasteiger partial charge in [-0.1, -0.05) is 15.9 Å². The number of nitriles is 1. The number of halogens is 1. The zero-order valence-corrected chi connectivity index (χ0v) is 11.7. The molecule has 1 saturated heterocycles. The maximum atomic E-state index is 9.23. The molecule has 0 unspecified atom stereocenters. The summed E-state index contributed by atoms with van der Waals surface area (Å²) in [5.74, 6) is 0. The van der Waals surface area contributed by atoms with Crippen LogP contribution in [-0.2, 0) is 0 Å². The quantitative estimate of drug-likeness (QED) is 0.865. The average molecular weight is 294 g/mol. The third kappa shape index (κ3) is 2.46. The largest absolute Gasteiger partial charge is 0.363 e. The molecule has 1 aliphatic rings. The number of rotatable bonds is 1. The van der Waals surface area contributed by atoms with E-state index in [9.17, 15) is 5.26 Å². The van der Waals surface area contributed by atoms with Gasteiger partial charge in [0.25, 0.3) is 0 Å². The second-order valence-corrected chi connectivity index (χ2v) is 5.83. The fourth-order valence-electron chi connectivity index (χ4n) is 2.26. The minimum absolute atomic E-state index is 0.0394. The molecule has 90 valence electrons. The van der Waals surface area contributed by atoms with Crippen molar-refractivity contribution in [1.82, 2.24) is 5.32 Å². The van der Waals surface area contributed by atoms with Gasteiger partial charge in [-0.25, -0.2) is 0 Å². The highest BCUT2D eigenvalue weighted by atomic mass is 79.9. The van der Waals surface area contributed by atoms with E-state index in [-0.39, 0.29) is 5.54 Å². The van der Waals surface area contributed by atoms with Gasteiger partial charge >= 0.3 is 0 Å². The van der Waals surface area contributed by atoms with E-state index in [0.29, 0.717) is 0 Å². The van der Waals surface area contributed by atoms with Crippen molar-refractivity contribution in [1.29, 1.82) is 5.26 Å². The molecule has 0 atom stereocenters. The average Bonchev–Trinajstić information content (AvgIpc) is 2.29. The SMILES string of the molecule is CC1(C)CNCCN1c1ccc(Br)cc1C#N. The molecule has 0 saturated carbocycles. The summed E-state index contributed by atoms with van der Waals surface area (Å²) < 4.78 is 0.950. The summed E-state index contributed by atoms with van der Waals surface area (Å²) in [4.78, 5) is 2.31. The summed E-state index contributed by atoms with van der Waals surface area (Å²) in [7, 11) is 0. The van der Waals surface area contributed by atoms with E-state index in [1.807, 2.05) is 18.2 Å². The summed E-state index contributed by atoms with van der Waals surface area (Å²) >= 11 is 3.41. The molecule has 3 nitrogen and oxygen atoms in total. The summed E-state index contributed by atoms with van der Waals surface area (Å²) in [5, 5.41) is 12.6. The summed E-state index contributed by atoms with van der Waals surface area (Å²) in [6.45, 7) is 7.23. The Morgan fingerprint density at radius 1 is 1.47 bits per heavy atom. The first-order chi connectivity index (χ1) is 8.04. The number of piperazine rings is 1. The Bertz CT molecular complexity index is 462. The lowest BCUT2D eigenvalue weighted by Gasteiger charge is -2.44. The molecule has 1 heterocycles. The van der Waals surface area contributed by atoms with Crippen LogP contribution >= 0.6 is 15.9 Å². The van der Waals surface area contributed by atoms with E-state index in [2.05, 4.69) is 46.1 Å². The number of anilines is 1. The van der Waals surface area contributed by atoms with Gasteiger partial charge in [-0.05, 0) is 32.0 Å². The van der Waals surface area contributed by atoms with Crippen molar-refractivity contribution in [3.63, 3.8) is 0 Å². The Balaban J connectivity index is 2.42. The maximum absolute atomic E-state index is 9.23. The Labute approximate surface area is 111 Å². The molecule has 0 spiro atoms. The molecular formula is C13H16BrN3. The van der Waals surface area contributed by atoms with Crippen molar-refractivity contribution in [2.75, 3.05) is 24.5 Å². The Morgan fingerprint density at radius 2 is 2.24 bits per heavy atom. The fraction of sp³-hybridized carbons (Fsp3) is 0.462. The van der Waals surface area contributed by atoms with E-state index in [4.69, 9.17) is 0 Å². The minimum Gasteiger partial charge on any atom is -0.363 e. The maximum Gasteiger partial charge on any atom is 0.101 e. The lowest BCUT2D eigenvalue weighted by atomic mass is 9.98. The lowest BCUT2D eigenvalue weighted by Crippen LogP contribution is -2.58. The Morgan fingerprint density at radius 3 is 2.88 bits per heavy atom. The molecule has 0 aliphatic carbocycles. The predicted molar refractivity (Wildman–Crippen MR) is 73.2 cm³/mol. The second-order valence-electron chi connectivity index (χ2n) is 4.91. The molecule has 17 heavy (non-hydrogen) atoms. The number of benzene rings is 1. The predicted octanol–water partition coefficient (Wildman–Crippen LogP) is 2.51. The van der Waals surface area contributed by atoms with Crippen LogP contribution < -0.4 is 10.2 Å². The van der Waals surface area contributed by atoms with Gasteiger partial charge in [0.15, 0.2) is 0 Å². The highest BCUT2D eigenvalue weighted by molar-refractivity contribution is 9.10. The summed E-state index contributed by atoms with van der Waals surface area (Å²) in [6, 6.07) is 8.18. The molecule has 0 radical (unpaired) electrons. The lowest BCUT2D eigenvalue weighted by molar-refractivity contribution is 0.380. The van der Waals surface area contributed by atoms with Gasteiger partial charge in [0.05, 0.1) is 11.3 Å². The standard InChI is InChI=1S/C13H16BrN3/c1-13(2)9-16-5-6-17(13)12-4-3-11(14)7-10(12)8-15/h3-4,7,16H,5-6,9H2,1-2H3. The first-order valence-electron chi connectivity index (χ1n) is 5.72. The van der Waals surface area contributed by atoms with Crippen LogP contribution in [-0.4, -0.2) is 25.2 Å². The van der Waals surface area contributed by atoms with Crippen LogP contribution in [0.25, 0.3) is 0 Å². The van der Waals surface area contributed by atoms with E-state index < -0.39 is 0 Å². The van der Waals surface area contributed by atoms with Crippen LogP contribution in [0.5, 0.6) is 0 Å². The van der Waals surface area contributed by atoms with Gasteiger partial charge in [-0.15, -0.1) is 0 Å². The molecule has 1 fully saturated rings. The van der Waals surface area contributed by atoms with Crippen molar-refractivity contribution in [3.05, 3.63) is 28.2 Å². The summed E-state index contributed by atoms with van der Waals surface area (Å²) in [6.07, 6.45) is 0. The van der Waals surface area contributed by atoms with E-state index in [1.54, 1.807) is 0 Å². The third-order valence-corrected chi connectivity index (χ3v) is 3.66. The van der Waals surface area contributed by atoms with Gasteiger partial charge in [-0.2, -0.15) is 5.26 Å². The molecule has 0 bridgehead atoms. The highest BCUT2D eigenvalue weighted by Crippen LogP contribution is 2.30. The van der Waals surface area contributed by atoms with Gasteiger partial charge in [-0.3, -0.25) is 0 Å². The van der Waals surface area contributed by atoms with Gasteiger partial charge in [0.2, 0.25) is 0 Å². The van der Waals surface area contributed by atoms with Gasteiger partial charge in [0, 0.05) is 29.6 Å². The van der Waals surface area contributed by atoms with Crippen molar-refractivity contribution in [2.24, 2.45) is 0 Å². The number of nitrogens with zero attached hydrogens (tertiary/aromatic N) is 2. The molecule has 1 aliphatic heterocycles. The van der Waals surface area contributed by atoms with Crippen LogP contribution in [0.1, 0.15) is 19.4 Å². The van der Waals surface area contributed by atoms with Crippen molar-refractivity contribution in [2.45, 2.75) is 19.4 Å². The topological polar surface area (TPSA) is 39.1 Å². The molecule has 0 amide bonds.